The molecule has 0 atom stereocenters. The number of methoxy groups -OCH3 is 1. The monoisotopic (exact) mass is 417 g/mol. The summed E-state index contributed by atoms with van der Waals surface area (Å²) in [6, 6.07) is 15.7. The summed E-state index contributed by atoms with van der Waals surface area (Å²) in [7, 11) is -1.89. The van der Waals surface area contributed by atoms with Gasteiger partial charge in [-0.3, -0.25) is 4.79 Å². The number of rotatable bonds is 8. The summed E-state index contributed by atoms with van der Waals surface area (Å²) in [6.07, 6.45) is 0.374. The minimum absolute atomic E-state index is 0.154. The summed E-state index contributed by atoms with van der Waals surface area (Å²) in [4.78, 5) is 12.3. The van der Waals surface area contributed by atoms with E-state index in [1.807, 2.05) is 24.3 Å². The van der Waals surface area contributed by atoms with Crippen LogP contribution in [-0.2, 0) is 21.1 Å². The van der Waals surface area contributed by atoms with E-state index in [1.54, 1.807) is 25.3 Å². The van der Waals surface area contributed by atoms with Crippen molar-refractivity contribution in [3.05, 3.63) is 65.2 Å². The molecule has 146 valence electrons. The van der Waals surface area contributed by atoms with Crippen molar-refractivity contribution in [1.82, 2.24) is 10.2 Å². The highest BCUT2D eigenvalue weighted by Crippen LogP contribution is 2.24. The minimum Gasteiger partial charge on any atom is -0.496 e. The van der Waals surface area contributed by atoms with E-state index in [-0.39, 0.29) is 17.1 Å². The predicted molar refractivity (Wildman–Crippen MR) is 107 cm³/mol. The maximum absolute atomic E-state index is 12.2. The molecule has 3 aromatic rings. The first-order valence-electron chi connectivity index (χ1n) is 8.50. The van der Waals surface area contributed by atoms with Crippen LogP contribution in [0, 0.1) is 0 Å². The Morgan fingerprint density at radius 3 is 2.54 bits per heavy atom. The van der Waals surface area contributed by atoms with Gasteiger partial charge in [-0.1, -0.05) is 47.7 Å². The average molecular weight is 418 g/mol. The van der Waals surface area contributed by atoms with E-state index < -0.39 is 15.7 Å². The molecule has 1 amide bonds. The molecule has 0 saturated carbocycles. The Bertz CT molecular complexity index is 1050. The number of carbonyl (C=O) groups excluding carboxylic acids is 1. The lowest BCUT2D eigenvalue weighted by atomic mass is 10.1. The Morgan fingerprint density at radius 1 is 1.07 bits per heavy atom. The summed E-state index contributed by atoms with van der Waals surface area (Å²) in [5.74, 6) is 0.0734. The van der Waals surface area contributed by atoms with Crippen molar-refractivity contribution < 1.29 is 17.9 Å². The minimum atomic E-state index is -3.50. The Labute approximate surface area is 167 Å². The quantitative estimate of drug-likeness (QED) is 0.605. The summed E-state index contributed by atoms with van der Waals surface area (Å²) in [6.45, 7) is 0. The number of nitrogens with one attached hydrogen (secondary N) is 1. The van der Waals surface area contributed by atoms with Gasteiger partial charge in [-0.2, -0.15) is 0 Å². The van der Waals surface area contributed by atoms with Crippen LogP contribution in [0.25, 0.3) is 0 Å². The van der Waals surface area contributed by atoms with E-state index in [2.05, 4.69) is 15.5 Å². The van der Waals surface area contributed by atoms with Crippen molar-refractivity contribution in [1.29, 1.82) is 0 Å². The summed E-state index contributed by atoms with van der Waals surface area (Å²) in [5.41, 5.74) is 0.966. The van der Waals surface area contributed by atoms with Crippen LogP contribution in [-0.4, -0.2) is 37.4 Å². The fourth-order valence-electron chi connectivity index (χ4n) is 2.54. The van der Waals surface area contributed by atoms with E-state index in [0.29, 0.717) is 11.6 Å². The van der Waals surface area contributed by atoms with Gasteiger partial charge in [0.25, 0.3) is 0 Å². The SMILES string of the molecule is COc1ccccc1Cc1nnc(NC(=O)CCS(=O)(=O)c2ccccc2)s1. The van der Waals surface area contributed by atoms with Crippen molar-refractivity contribution >= 4 is 32.2 Å². The number of sulfone groups is 1. The first kappa shape index (κ1) is 20.0. The average Bonchev–Trinajstić information content (AvgIpc) is 3.14. The van der Waals surface area contributed by atoms with Gasteiger partial charge < -0.3 is 10.1 Å². The topological polar surface area (TPSA) is 98.2 Å². The lowest BCUT2D eigenvalue weighted by molar-refractivity contribution is -0.115. The predicted octanol–water partition coefficient (Wildman–Crippen LogP) is 2.94. The van der Waals surface area contributed by atoms with Crippen molar-refractivity contribution in [2.45, 2.75) is 17.7 Å². The van der Waals surface area contributed by atoms with E-state index in [1.165, 1.54) is 23.5 Å². The van der Waals surface area contributed by atoms with Crippen molar-refractivity contribution in [3.63, 3.8) is 0 Å². The van der Waals surface area contributed by atoms with Crippen LogP contribution < -0.4 is 10.1 Å². The van der Waals surface area contributed by atoms with E-state index in [9.17, 15) is 13.2 Å². The number of anilines is 1. The molecule has 3 rings (SSSR count). The second-order valence-corrected chi connectivity index (χ2v) is 9.09. The van der Waals surface area contributed by atoms with Crippen LogP contribution in [0.4, 0.5) is 5.13 Å². The second kappa shape index (κ2) is 8.94. The van der Waals surface area contributed by atoms with Gasteiger partial charge in [-0.25, -0.2) is 8.42 Å². The standard InChI is InChI=1S/C19H19N3O4S2/c1-26-16-10-6-5-7-14(16)13-18-21-22-19(27-18)20-17(23)11-12-28(24,25)15-8-3-2-4-9-15/h2-10H,11-13H2,1H3,(H,20,22,23). The molecule has 0 aliphatic heterocycles. The van der Waals surface area contributed by atoms with Crippen LogP contribution in [0.3, 0.4) is 0 Å². The Hall–Kier alpha value is -2.78. The summed E-state index contributed by atoms with van der Waals surface area (Å²) in [5, 5.41) is 11.7. The van der Waals surface area contributed by atoms with Gasteiger partial charge in [0.05, 0.1) is 17.8 Å². The Kier molecular flexibility index (Phi) is 6.37. The molecule has 0 saturated heterocycles. The van der Waals surface area contributed by atoms with Gasteiger partial charge in [-0.05, 0) is 18.2 Å². The zero-order valence-electron chi connectivity index (χ0n) is 15.2. The van der Waals surface area contributed by atoms with Gasteiger partial charge in [0.1, 0.15) is 10.8 Å². The smallest absolute Gasteiger partial charge is 0.227 e. The highest BCUT2D eigenvalue weighted by Gasteiger charge is 2.17. The maximum Gasteiger partial charge on any atom is 0.227 e. The number of aromatic nitrogens is 2. The van der Waals surface area contributed by atoms with Crippen molar-refractivity contribution in [2.75, 3.05) is 18.2 Å². The molecule has 0 unspecified atom stereocenters. The van der Waals surface area contributed by atoms with Crippen molar-refractivity contribution in [2.24, 2.45) is 0 Å². The summed E-state index contributed by atoms with van der Waals surface area (Å²) < 4.78 is 29.8. The molecule has 2 aromatic carbocycles. The highest BCUT2D eigenvalue weighted by molar-refractivity contribution is 7.91. The Morgan fingerprint density at radius 2 is 1.79 bits per heavy atom. The number of benzene rings is 2. The normalized spacial score (nSPS) is 11.2. The highest BCUT2D eigenvalue weighted by atomic mass is 32.2. The zero-order valence-corrected chi connectivity index (χ0v) is 16.8. The van der Waals surface area contributed by atoms with E-state index in [4.69, 9.17) is 4.74 Å². The van der Waals surface area contributed by atoms with E-state index >= 15 is 0 Å². The molecule has 28 heavy (non-hydrogen) atoms. The first-order chi connectivity index (χ1) is 13.5. The van der Waals surface area contributed by atoms with Crippen LogP contribution >= 0.6 is 11.3 Å². The number of carbonyl (C=O) groups is 1. The fraction of sp³-hybridized carbons (Fsp3) is 0.211. The molecular weight excluding hydrogens is 398 g/mol. The van der Waals surface area contributed by atoms with Gasteiger partial charge >= 0.3 is 0 Å². The van der Waals surface area contributed by atoms with E-state index in [0.717, 1.165) is 16.3 Å². The number of amides is 1. The number of nitrogens with zero attached hydrogens (tertiary/aromatic N) is 2. The Balaban J connectivity index is 1.57. The molecule has 7 nitrogen and oxygen atoms in total. The zero-order chi connectivity index (χ0) is 20.0. The van der Waals surface area contributed by atoms with Crippen LogP contribution in [0.5, 0.6) is 5.75 Å². The fourth-order valence-corrected chi connectivity index (χ4v) is 4.58. The maximum atomic E-state index is 12.2. The van der Waals surface area contributed by atoms with Gasteiger partial charge in [0.15, 0.2) is 9.84 Å². The molecular formula is C19H19N3O4S2. The van der Waals surface area contributed by atoms with Crippen LogP contribution in [0.15, 0.2) is 59.5 Å². The lowest BCUT2D eigenvalue weighted by Crippen LogP contribution is -2.17. The molecule has 1 aromatic heterocycles. The third-order valence-electron chi connectivity index (χ3n) is 3.95. The van der Waals surface area contributed by atoms with Gasteiger partial charge in [0, 0.05) is 18.4 Å². The third-order valence-corrected chi connectivity index (χ3v) is 6.52. The van der Waals surface area contributed by atoms with Gasteiger partial charge in [-0.15, -0.1) is 10.2 Å². The largest absolute Gasteiger partial charge is 0.496 e. The third kappa shape index (κ3) is 5.14. The van der Waals surface area contributed by atoms with Crippen molar-refractivity contribution in [3.8, 4) is 5.75 Å². The molecule has 0 fully saturated rings. The first-order valence-corrected chi connectivity index (χ1v) is 11.0. The van der Waals surface area contributed by atoms with Crippen LogP contribution in [0.2, 0.25) is 0 Å². The van der Waals surface area contributed by atoms with Gasteiger partial charge in [0.2, 0.25) is 11.0 Å². The molecule has 1 N–H and O–H groups in total. The number of hydrogen-bond acceptors (Lipinski definition) is 7. The molecule has 0 spiro atoms. The number of ether oxygens (including phenoxy) is 1. The second-order valence-electron chi connectivity index (χ2n) is 5.92. The number of hydrogen-bond donors (Lipinski definition) is 1. The summed E-state index contributed by atoms with van der Waals surface area (Å²) >= 11 is 1.25. The molecule has 0 aliphatic carbocycles. The molecule has 0 aliphatic rings. The molecule has 9 heteroatoms. The van der Waals surface area contributed by atoms with Crippen LogP contribution in [0.1, 0.15) is 17.0 Å². The molecule has 0 radical (unpaired) electrons. The number of para-hydroxylation sites is 1. The molecule has 0 bridgehead atoms. The molecule has 1 heterocycles. The lowest BCUT2D eigenvalue weighted by Gasteiger charge is -2.05.